The molecule has 3 rings (SSSR count). The zero-order valence-corrected chi connectivity index (χ0v) is 12.4. The molecule has 1 aromatic heterocycles. The van der Waals surface area contributed by atoms with Crippen LogP contribution in [0.15, 0.2) is 61.2 Å². The van der Waals surface area contributed by atoms with Crippen molar-refractivity contribution in [2.45, 2.75) is 0 Å². The molecule has 0 atom stereocenters. The van der Waals surface area contributed by atoms with E-state index in [9.17, 15) is 0 Å². The fraction of sp³-hybridized carbons (Fsp3) is 0.111. The summed E-state index contributed by atoms with van der Waals surface area (Å²) in [7, 11) is 1.65. The van der Waals surface area contributed by atoms with Gasteiger partial charge in [0.15, 0.2) is 5.82 Å². The molecule has 0 unspecified atom stereocenters. The molecule has 0 aliphatic carbocycles. The zero-order chi connectivity index (χ0) is 15.4. The van der Waals surface area contributed by atoms with Gasteiger partial charge in [0.25, 0.3) is 0 Å². The van der Waals surface area contributed by atoms with Crippen LogP contribution in [0.2, 0.25) is 0 Å². The number of ether oxygens (including phenoxy) is 1. The number of anilines is 1. The van der Waals surface area contributed by atoms with Crippen LogP contribution in [0.25, 0.3) is 22.3 Å². The van der Waals surface area contributed by atoms with Crippen molar-refractivity contribution in [3.63, 3.8) is 0 Å². The summed E-state index contributed by atoms with van der Waals surface area (Å²) in [5.74, 6) is 2.32. The van der Waals surface area contributed by atoms with Gasteiger partial charge in [0.05, 0.1) is 12.6 Å². The minimum absolute atomic E-state index is 0.656. The number of methoxy groups -OCH3 is 1. The van der Waals surface area contributed by atoms with Crippen LogP contribution in [0, 0.1) is 0 Å². The second kappa shape index (κ2) is 6.26. The number of benzene rings is 2. The molecular formula is C18H17N3O. The number of aromatic nitrogens is 2. The molecule has 4 heteroatoms. The van der Waals surface area contributed by atoms with Crippen molar-refractivity contribution >= 4 is 16.7 Å². The third kappa shape index (κ3) is 2.76. The molecule has 0 saturated carbocycles. The average molecular weight is 291 g/mol. The Kier molecular flexibility index (Phi) is 4.01. The Hall–Kier alpha value is -2.88. The first-order valence-corrected chi connectivity index (χ1v) is 7.08. The minimum atomic E-state index is 0.656. The van der Waals surface area contributed by atoms with E-state index in [0.717, 1.165) is 28.0 Å². The van der Waals surface area contributed by atoms with E-state index in [2.05, 4.69) is 21.9 Å². The van der Waals surface area contributed by atoms with E-state index >= 15 is 0 Å². The highest BCUT2D eigenvalue weighted by Gasteiger charge is 2.08. The van der Waals surface area contributed by atoms with E-state index < -0.39 is 0 Å². The number of nitrogens with zero attached hydrogens (tertiary/aromatic N) is 2. The normalized spacial score (nSPS) is 10.4. The van der Waals surface area contributed by atoms with Gasteiger partial charge in [-0.3, -0.25) is 0 Å². The maximum atomic E-state index is 5.19. The molecular weight excluding hydrogens is 274 g/mol. The van der Waals surface area contributed by atoms with Gasteiger partial charge in [-0.2, -0.15) is 0 Å². The highest BCUT2D eigenvalue weighted by atomic mass is 16.5. The second-order valence-corrected chi connectivity index (χ2v) is 4.81. The molecule has 0 radical (unpaired) electrons. The van der Waals surface area contributed by atoms with Crippen LogP contribution in [-0.4, -0.2) is 23.6 Å². The molecule has 3 aromatic rings. The zero-order valence-electron chi connectivity index (χ0n) is 12.4. The molecule has 2 aromatic carbocycles. The van der Waals surface area contributed by atoms with Gasteiger partial charge in [-0.25, -0.2) is 9.97 Å². The topological polar surface area (TPSA) is 47.0 Å². The first-order valence-electron chi connectivity index (χ1n) is 7.08. The summed E-state index contributed by atoms with van der Waals surface area (Å²) >= 11 is 0. The molecule has 1 heterocycles. The second-order valence-electron chi connectivity index (χ2n) is 4.81. The molecule has 4 nitrogen and oxygen atoms in total. The van der Waals surface area contributed by atoms with Crippen molar-refractivity contribution in [3.05, 3.63) is 61.2 Å². The summed E-state index contributed by atoms with van der Waals surface area (Å²) in [5.41, 5.74) is 1.86. The Morgan fingerprint density at radius 1 is 1.09 bits per heavy atom. The van der Waals surface area contributed by atoms with Gasteiger partial charge in [-0.15, -0.1) is 6.58 Å². The number of hydrogen-bond acceptors (Lipinski definition) is 4. The molecule has 0 bridgehead atoms. The van der Waals surface area contributed by atoms with Gasteiger partial charge < -0.3 is 10.1 Å². The summed E-state index contributed by atoms with van der Waals surface area (Å²) in [6.07, 6.45) is 1.81. The third-order valence-corrected chi connectivity index (χ3v) is 3.37. The molecule has 0 saturated heterocycles. The van der Waals surface area contributed by atoms with Gasteiger partial charge in [0.2, 0.25) is 0 Å². The number of nitrogens with one attached hydrogen (secondary N) is 1. The van der Waals surface area contributed by atoms with Crippen LogP contribution in [0.5, 0.6) is 5.75 Å². The fourth-order valence-corrected chi connectivity index (χ4v) is 2.25. The molecule has 110 valence electrons. The van der Waals surface area contributed by atoms with Crippen LogP contribution in [0.1, 0.15) is 0 Å². The van der Waals surface area contributed by atoms with Crippen molar-refractivity contribution in [3.8, 4) is 17.1 Å². The van der Waals surface area contributed by atoms with E-state index in [1.165, 1.54) is 0 Å². The Balaban J connectivity index is 2.10. The molecule has 0 amide bonds. The van der Waals surface area contributed by atoms with Crippen LogP contribution in [0.4, 0.5) is 5.82 Å². The Labute approximate surface area is 129 Å². The van der Waals surface area contributed by atoms with Crippen LogP contribution in [0.3, 0.4) is 0 Å². The number of fused-ring (bicyclic) bond motifs is 1. The van der Waals surface area contributed by atoms with Crippen LogP contribution < -0.4 is 10.1 Å². The molecule has 0 aliphatic heterocycles. The van der Waals surface area contributed by atoms with E-state index in [4.69, 9.17) is 4.74 Å². The molecule has 0 aliphatic rings. The lowest BCUT2D eigenvalue weighted by Gasteiger charge is -2.10. The Morgan fingerprint density at radius 3 is 2.59 bits per heavy atom. The molecule has 0 spiro atoms. The maximum Gasteiger partial charge on any atom is 0.162 e. The van der Waals surface area contributed by atoms with Crippen molar-refractivity contribution in [1.29, 1.82) is 0 Å². The quantitative estimate of drug-likeness (QED) is 0.724. The Bertz CT molecular complexity index is 797. The average Bonchev–Trinajstić information content (AvgIpc) is 2.59. The van der Waals surface area contributed by atoms with E-state index in [0.29, 0.717) is 12.4 Å². The largest absolute Gasteiger partial charge is 0.497 e. The molecule has 0 fully saturated rings. The van der Waals surface area contributed by atoms with Crippen molar-refractivity contribution in [1.82, 2.24) is 9.97 Å². The highest BCUT2D eigenvalue weighted by molar-refractivity contribution is 5.90. The van der Waals surface area contributed by atoms with Crippen LogP contribution >= 0.6 is 0 Å². The summed E-state index contributed by atoms with van der Waals surface area (Å²) in [6.45, 7) is 4.39. The lowest BCUT2D eigenvalue weighted by Crippen LogP contribution is -2.03. The standard InChI is InChI=1S/C18H17N3O/c1-3-12-19-18-15-6-4-5-7-16(15)20-17(21-18)13-8-10-14(22-2)11-9-13/h3-11H,1,12H2,2H3,(H,19,20,21). The third-order valence-electron chi connectivity index (χ3n) is 3.37. The maximum absolute atomic E-state index is 5.19. The van der Waals surface area contributed by atoms with Crippen molar-refractivity contribution in [2.24, 2.45) is 0 Å². The molecule has 22 heavy (non-hydrogen) atoms. The summed E-state index contributed by atoms with van der Waals surface area (Å²) in [6, 6.07) is 15.7. The van der Waals surface area contributed by atoms with Crippen LogP contribution in [-0.2, 0) is 0 Å². The lowest BCUT2D eigenvalue weighted by molar-refractivity contribution is 0.415. The highest BCUT2D eigenvalue weighted by Crippen LogP contribution is 2.25. The van der Waals surface area contributed by atoms with Gasteiger partial charge >= 0.3 is 0 Å². The van der Waals surface area contributed by atoms with Crippen molar-refractivity contribution in [2.75, 3.05) is 19.0 Å². The summed E-state index contributed by atoms with van der Waals surface area (Å²) in [5, 5.41) is 4.28. The lowest BCUT2D eigenvalue weighted by atomic mass is 10.1. The Morgan fingerprint density at radius 2 is 1.86 bits per heavy atom. The van der Waals surface area contributed by atoms with Gasteiger partial charge in [-0.05, 0) is 36.4 Å². The number of hydrogen-bond donors (Lipinski definition) is 1. The number of para-hydroxylation sites is 1. The fourth-order valence-electron chi connectivity index (χ4n) is 2.25. The SMILES string of the molecule is C=CCNc1nc(-c2ccc(OC)cc2)nc2ccccc12. The predicted octanol–water partition coefficient (Wildman–Crippen LogP) is 3.90. The monoisotopic (exact) mass is 291 g/mol. The van der Waals surface area contributed by atoms with E-state index in [1.54, 1.807) is 7.11 Å². The first-order chi connectivity index (χ1) is 10.8. The van der Waals surface area contributed by atoms with Crippen molar-refractivity contribution < 1.29 is 4.74 Å². The molecule has 1 N–H and O–H groups in total. The van der Waals surface area contributed by atoms with E-state index in [1.807, 2.05) is 54.6 Å². The summed E-state index contributed by atoms with van der Waals surface area (Å²) < 4.78 is 5.19. The van der Waals surface area contributed by atoms with E-state index in [-0.39, 0.29) is 0 Å². The van der Waals surface area contributed by atoms with Gasteiger partial charge in [0, 0.05) is 17.5 Å². The van der Waals surface area contributed by atoms with Gasteiger partial charge in [0.1, 0.15) is 11.6 Å². The predicted molar refractivity (Wildman–Crippen MR) is 90.2 cm³/mol. The first kappa shape index (κ1) is 14.1. The van der Waals surface area contributed by atoms with Gasteiger partial charge in [-0.1, -0.05) is 18.2 Å². The smallest absolute Gasteiger partial charge is 0.162 e. The number of rotatable bonds is 5. The minimum Gasteiger partial charge on any atom is -0.497 e. The summed E-state index contributed by atoms with van der Waals surface area (Å²) in [4.78, 5) is 9.31.